The fraction of sp³-hybridized carbons (Fsp3) is 0.200. The Morgan fingerprint density at radius 2 is 2.24 bits per heavy atom. The van der Waals surface area contributed by atoms with Gasteiger partial charge in [-0.25, -0.2) is 0 Å². The molecule has 1 heterocycles. The first-order valence-electron chi connectivity index (χ1n) is 6.35. The summed E-state index contributed by atoms with van der Waals surface area (Å²) in [4.78, 5) is 14.1. The minimum atomic E-state index is -0.164. The molecule has 2 rings (SSSR count). The van der Waals surface area contributed by atoms with Gasteiger partial charge in [-0.05, 0) is 46.3 Å². The van der Waals surface area contributed by atoms with Crippen LogP contribution in [0.2, 0.25) is 0 Å². The quantitative estimate of drug-likeness (QED) is 0.841. The van der Waals surface area contributed by atoms with E-state index in [1.807, 2.05) is 0 Å². The zero-order valence-corrected chi connectivity index (χ0v) is 12.8. The highest BCUT2D eigenvalue weighted by Crippen LogP contribution is 2.22. The van der Waals surface area contributed by atoms with Crippen LogP contribution >= 0.6 is 15.9 Å². The van der Waals surface area contributed by atoms with Gasteiger partial charge in [-0.1, -0.05) is 0 Å². The lowest BCUT2D eigenvalue weighted by atomic mass is 10.1. The van der Waals surface area contributed by atoms with Crippen molar-refractivity contribution in [1.29, 1.82) is 5.26 Å². The Morgan fingerprint density at radius 3 is 2.86 bits per heavy atom. The predicted octanol–water partition coefficient (Wildman–Crippen LogP) is 3.18. The molecule has 2 aromatic rings. The first kappa shape index (κ1) is 15.1. The second-order valence-corrected chi connectivity index (χ2v) is 5.30. The number of hydrogen-bond donors (Lipinski definition) is 1. The van der Waals surface area contributed by atoms with E-state index in [2.05, 4.69) is 22.0 Å². The van der Waals surface area contributed by atoms with Crippen LogP contribution in [0.4, 0.5) is 5.69 Å². The van der Waals surface area contributed by atoms with E-state index in [1.54, 1.807) is 41.5 Å². The SMILES string of the molecule is N#CCCN(Cc1ccco1)C(=O)c1ccc(N)c(Br)c1. The third-order valence-electron chi connectivity index (χ3n) is 2.95. The number of nitrogens with two attached hydrogens (primary N) is 1. The molecule has 5 nitrogen and oxygen atoms in total. The van der Waals surface area contributed by atoms with Crippen molar-refractivity contribution < 1.29 is 9.21 Å². The molecule has 2 N–H and O–H groups in total. The van der Waals surface area contributed by atoms with E-state index in [4.69, 9.17) is 15.4 Å². The van der Waals surface area contributed by atoms with Gasteiger partial charge >= 0.3 is 0 Å². The molecule has 0 saturated heterocycles. The van der Waals surface area contributed by atoms with Crippen LogP contribution in [-0.2, 0) is 6.54 Å². The van der Waals surface area contributed by atoms with Crippen molar-refractivity contribution in [3.8, 4) is 6.07 Å². The largest absolute Gasteiger partial charge is 0.467 e. The molecular weight excluding hydrogens is 334 g/mol. The zero-order chi connectivity index (χ0) is 15.2. The normalized spacial score (nSPS) is 10.1. The number of benzene rings is 1. The maximum Gasteiger partial charge on any atom is 0.254 e. The number of halogens is 1. The fourth-order valence-corrected chi connectivity index (χ4v) is 2.25. The topological polar surface area (TPSA) is 83.3 Å². The average molecular weight is 348 g/mol. The molecule has 0 radical (unpaired) electrons. The monoisotopic (exact) mass is 347 g/mol. The molecular formula is C15H14BrN3O2. The van der Waals surface area contributed by atoms with Crippen LogP contribution in [0.3, 0.4) is 0 Å². The van der Waals surface area contributed by atoms with Crippen LogP contribution in [0, 0.1) is 11.3 Å². The number of nitrogens with zero attached hydrogens (tertiary/aromatic N) is 2. The first-order chi connectivity index (χ1) is 10.1. The van der Waals surface area contributed by atoms with Gasteiger partial charge in [0, 0.05) is 22.3 Å². The second-order valence-electron chi connectivity index (χ2n) is 4.45. The number of anilines is 1. The summed E-state index contributed by atoms with van der Waals surface area (Å²) >= 11 is 3.31. The lowest BCUT2D eigenvalue weighted by molar-refractivity contribution is 0.0735. The summed E-state index contributed by atoms with van der Waals surface area (Å²) in [7, 11) is 0. The van der Waals surface area contributed by atoms with E-state index >= 15 is 0 Å². The molecule has 0 aliphatic rings. The first-order valence-corrected chi connectivity index (χ1v) is 7.14. The van der Waals surface area contributed by atoms with E-state index in [0.717, 1.165) is 0 Å². The van der Waals surface area contributed by atoms with Gasteiger partial charge in [-0.2, -0.15) is 5.26 Å². The van der Waals surface area contributed by atoms with Crippen molar-refractivity contribution in [2.24, 2.45) is 0 Å². The second kappa shape index (κ2) is 6.95. The maximum atomic E-state index is 12.6. The predicted molar refractivity (Wildman–Crippen MR) is 82.2 cm³/mol. The molecule has 1 amide bonds. The van der Waals surface area contributed by atoms with E-state index in [-0.39, 0.29) is 12.3 Å². The van der Waals surface area contributed by atoms with Gasteiger partial charge < -0.3 is 15.1 Å². The summed E-state index contributed by atoms with van der Waals surface area (Å²) in [6.07, 6.45) is 1.82. The number of hydrogen-bond acceptors (Lipinski definition) is 4. The van der Waals surface area contributed by atoms with E-state index in [9.17, 15) is 4.79 Å². The van der Waals surface area contributed by atoms with Crippen LogP contribution in [0.15, 0.2) is 45.5 Å². The molecule has 0 aliphatic carbocycles. The number of carbonyl (C=O) groups is 1. The number of nitriles is 1. The molecule has 0 bridgehead atoms. The molecule has 0 aliphatic heterocycles. The third kappa shape index (κ3) is 3.86. The Labute approximate surface area is 131 Å². The Kier molecular flexibility index (Phi) is 5.01. The summed E-state index contributed by atoms with van der Waals surface area (Å²) < 4.78 is 5.94. The van der Waals surface area contributed by atoms with Crippen LogP contribution in [0.5, 0.6) is 0 Å². The summed E-state index contributed by atoms with van der Waals surface area (Å²) in [5.74, 6) is 0.512. The Morgan fingerprint density at radius 1 is 1.43 bits per heavy atom. The van der Waals surface area contributed by atoms with Crippen molar-refractivity contribution in [1.82, 2.24) is 4.90 Å². The number of amides is 1. The van der Waals surface area contributed by atoms with E-state index in [0.29, 0.717) is 34.6 Å². The number of carbonyl (C=O) groups excluding carboxylic acids is 1. The minimum Gasteiger partial charge on any atom is -0.467 e. The average Bonchev–Trinajstić information content (AvgIpc) is 2.98. The summed E-state index contributed by atoms with van der Waals surface area (Å²) in [6.45, 7) is 0.674. The van der Waals surface area contributed by atoms with E-state index < -0.39 is 0 Å². The van der Waals surface area contributed by atoms with Gasteiger partial charge in [-0.15, -0.1) is 0 Å². The van der Waals surface area contributed by atoms with Gasteiger partial charge in [0.15, 0.2) is 0 Å². The minimum absolute atomic E-state index is 0.164. The van der Waals surface area contributed by atoms with Crippen molar-refractivity contribution in [2.45, 2.75) is 13.0 Å². The lowest BCUT2D eigenvalue weighted by Gasteiger charge is -2.20. The molecule has 1 aromatic carbocycles. The van der Waals surface area contributed by atoms with Crippen molar-refractivity contribution >= 4 is 27.5 Å². The van der Waals surface area contributed by atoms with E-state index in [1.165, 1.54) is 0 Å². The molecule has 6 heteroatoms. The maximum absolute atomic E-state index is 12.6. The smallest absolute Gasteiger partial charge is 0.254 e. The molecule has 108 valence electrons. The standard InChI is InChI=1S/C15H14BrN3O2/c16-13-9-11(4-5-14(13)18)15(20)19(7-2-6-17)10-12-3-1-8-21-12/h1,3-5,8-9H,2,7,10,18H2. The van der Waals surface area contributed by atoms with Crippen molar-refractivity contribution in [2.75, 3.05) is 12.3 Å². The van der Waals surface area contributed by atoms with Crippen LogP contribution in [0.1, 0.15) is 22.5 Å². The highest BCUT2D eigenvalue weighted by molar-refractivity contribution is 9.10. The van der Waals surface area contributed by atoms with Gasteiger partial charge in [0.25, 0.3) is 5.91 Å². The summed E-state index contributed by atoms with van der Waals surface area (Å²) in [5, 5.41) is 8.74. The fourth-order valence-electron chi connectivity index (χ4n) is 1.87. The zero-order valence-electron chi connectivity index (χ0n) is 11.3. The lowest BCUT2D eigenvalue weighted by Crippen LogP contribution is -2.31. The molecule has 0 atom stereocenters. The van der Waals surface area contributed by atoms with Crippen molar-refractivity contribution in [3.05, 3.63) is 52.4 Å². The van der Waals surface area contributed by atoms with Gasteiger partial charge in [-0.3, -0.25) is 4.79 Å². The Balaban J connectivity index is 2.20. The van der Waals surface area contributed by atoms with Crippen LogP contribution in [-0.4, -0.2) is 17.4 Å². The molecule has 1 aromatic heterocycles. The Bertz CT molecular complexity index is 662. The van der Waals surface area contributed by atoms with Gasteiger partial charge in [0.1, 0.15) is 5.76 Å². The van der Waals surface area contributed by atoms with Crippen molar-refractivity contribution in [3.63, 3.8) is 0 Å². The molecule has 0 unspecified atom stereocenters. The van der Waals surface area contributed by atoms with Crippen LogP contribution in [0.25, 0.3) is 0 Å². The Hall–Kier alpha value is -2.26. The van der Waals surface area contributed by atoms with Crippen LogP contribution < -0.4 is 5.73 Å². The highest BCUT2D eigenvalue weighted by Gasteiger charge is 2.17. The molecule has 0 saturated carbocycles. The van der Waals surface area contributed by atoms with Gasteiger partial charge in [0.05, 0.1) is 25.3 Å². The molecule has 21 heavy (non-hydrogen) atoms. The summed E-state index contributed by atoms with van der Waals surface area (Å²) in [6, 6.07) is 10.6. The third-order valence-corrected chi connectivity index (χ3v) is 3.64. The highest BCUT2D eigenvalue weighted by atomic mass is 79.9. The summed E-state index contributed by atoms with van der Waals surface area (Å²) in [5.41, 5.74) is 6.81. The molecule has 0 spiro atoms. The molecule has 0 fully saturated rings. The number of nitrogen functional groups attached to an aromatic ring is 1. The number of rotatable bonds is 5. The van der Waals surface area contributed by atoms with Gasteiger partial charge in [0.2, 0.25) is 0 Å². The number of furan rings is 1.